The van der Waals surface area contributed by atoms with Gasteiger partial charge in [0.25, 0.3) is 5.91 Å². The molecule has 2 amide bonds. The monoisotopic (exact) mass is 492 g/mol. The van der Waals surface area contributed by atoms with Gasteiger partial charge in [0, 0.05) is 23.7 Å². The highest BCUT2D eigenvalue weighted by atomic mass is 35.5. The summed E-state index contributed by atoms with van der Waals surface area (Å²) in [6.07, 6.45) is 1.80. The number of halogens is 1. The van der Waals surface area contributed by atoms with Crippen LogP contribution in [0.15, 0.2) is 41.3 Å². The van der Waals surface area contributed by atoms with Gasteiger partial charge in [-0.3, -0.25) is 14.5 Å². The highest BCUT2D eigenvalue weighted by Gasteiger charge is 2.32. The number of thiocarbonyl (C=S) groups is 1. The lowest BCUT2D eigenvalue weighted by Gasteiger charge is -2.14. The molecule has 0 unspecified atom stereocenters. The van der Waals surface area contributed by atoms with Gasteiger partial charge < -0.3 is 19.5 Å². The Hall–Kier alpha value is -2.75. The molecule has 0 spiro atoms. The Bertz CT molecular complexity index is 1060. The van der Waals surface area contributed by atoms with E-state index < -0.39 is 0 Å². The average molecular weight is 493 g/mol. The lowest BCUT2D eigenvalue weighted by molar-refractivity contribution is -0.122. The minimum absolute atomic E-state index is 0.0937. The van der Waals surface area contributed by atoms with E-state index in [1.54, 1.807) is 42.5 Å². The molecule has 10 heteroatoms. The number of carbonyl (C=O) groups is 2. The van der Waals surface area contributed by atoms with Gasteiger partial charge in [-0.25, -0.2) is 0 Å². The first-order valence-electron chi connectivity index (χ1n) is 9.47. The molecule has 2 aromatic rings. The molecule has 0 atom stereocenters. The standard InChI is InChI=1S/C22H21ClN2O5S2/c1-28-16-9-13(10-17(29-2)20(16)30-3)11-18-21(27)25(22(31)32-18)8-7-19(26)24-15-6-4-5-14(23)12-15/h4-6,9-12H,7-8H2,1-3H3,(H,24,26). The summed E-state index contributed by atoms with van der Waals surface area (Å²) in [5, 5.41) is 3.28. The van der Waals surface area contributed by atoms with Crippen LogP contribution in [0.2, 0.25) is 5.02 Å². The molecule has 1 fully saturated rings. The number of rotatable bonds is 8. The maximum atomic E-state index is 12.9. The number of ether oxygens (including phenoxy) is 3. The number of amides is 2. The third kappa shape index (κ3) is 5.53. The number of thioether (sulfide) groups is 1. The molecule has 3 rings (SSSR count). The highest BCUT2D eigenvalue weighted by Crippen LogP contribution is 2.40. The van der Waals surface area contributed by atoms with Gasteiger partial charge in [-0.2, -0.15) is 0 Å². The molecule has 168 valence electrons. The van der Waals surface area contributed by atoms with Crippen molar-refractivity contribution in [1.29, 1.82) is 0 Å². The summed E-state index contributed by atoms with van der Waals surface area (Å²) in [5.41, 5.74) is 1.29. The molecule has 0 radical (unpaired) electrons. The number of nitrogens with one attached hydrogen (secondary N) is 1. The Morgan fingerprint density at radius 1 is 1.16 bits per heavy atom. The minimum atomic E-state index is -0.260. The van der Waals surface area contributed by atoms with Gasteiger partial charge in [0.05, 0.1) is 26.2 Å². The Balaban J connectivity index is 1.70. The van der Waals surface area contributed by atoms with Crippen molar-refractivity contribution in [2.45, 2.75) is 6.42 Å². The molecule has 0 bridgehead atoms. The van der Waals surface area contributed by atoms with Gasteiger partial charge >= 0.3 is 0 Å². The Kier molecular flexibility index (Phi) is 8.00. The maximum absolute atomic E-state index is 12.9. The predicted molar refractivity (Wildman–Crippen MR) is 131 cm³/mol. The van der Waals surface area contributed by atoms with Crippen molar-refractivity contribution in [2.24, 2.45) is 0 Å². The molecule has 1 saturated heterocycles. The predicted octanol–water partition coefficient (Wildman–Crippen LogP) is 4.60. The second-order valence-electron chi connectivity index (χ2n) is 6.60. The number of anilines is 1. The van der Waals surface area contributed by atoms with E-state index in [0.29, 0.717) is 42.7 Å². The molecular weight excluding hydrogens is 472 g/mol. The van der Waals surface area contributed by atoms with Crippen LogP contribution in [0.1, 0.15) is 12.0 Å². The van der Waals surface area contributed by atoms with Crippen LogP contribution < -0.4 is 19.5 Å². The van der Waals surface area contributed by atoms with E-state index in [0.717, 1.165) is 0 Å². The van der Waals surface area contributed by atoms with Crippen LogP contribution in [0.5, 0.6) is 17.2 Å². The molecule has 1 N–H and O–H groups in total. The fourth-order valence-corrected chi connectivity index (χ4v) is 4.53. The van der Waals surface area contributed by atoms with Gasteiger partial charge in [0.2, 0.25) is 11.7 Å². The molecular formula is C22H21ClN2O5S2. The van der Waals surface area contributed by atoms with Gasteiger partial charge in [0.15, 0.2) is 11.5 Å². The minimum Gasteiger partial charge on any atom is -0.493 e. The van der Waals surface area contributed by atoms with Gasteiger partial charge in [-0.05, 0) is 42.0 Å². The van der Waals surface area contributed by atoms with Crippen molar-refractivity contribution in [3.8, 4) is 17.2 Å². The Morgan fingerprint density at radius 3 is 2.44 bits per heavy atom. The van der Waals surface area contributed by atoms with Crippen LogP contribution in [0.3, 0.4) is 0 Å². The van der Waals surface area contributed by atoms with Crippen LogP contribution in [-0.2, 0) is 9.59 Å². The zero-order chi connectivity index (χ0) is 23.3. The van der Waals surface area contributed by atoms with Crippen molar-refractivity contribution < 1.29 is 23.8 Å². The smallest absolute Gasteiger partial charge is 0.266 e. The summed E-state index contributed by atoms with van der Waals surface area (Å²) in [7, 11) is 4.57. The number of carbonyl (C=O) groups excluding carboxylic acids is 2. The normalized spacial score (nSPS) is 14.6. The van der Waals surface area contributed by atoms with E-state index in [2.05, 4.69) is 5.32 Å². The molecule has 0 saturated carbocycles. The summed E-state index contributed by atoms with van der Waals surface area (Å²) in [4.78, 5) is 27.0. The fraction of sp³-hybridized carbons (Fsp3) is 0.227. The van der Waals surface area contributed by atoms with Gasteiger partial charge in [0.1, 0.15) is 4.32 Å². The molecule has 1 aliphatic heterocycles. The van der Waals surface area contributed by atoms with Crippen molar-refractivity contribution in [1.82, 2.24) is 4.90 Å². The zero-order valence-corrected chi connectivity index (χ0v) is 20.0. The first-order chi connectivity index (χ1) is 15.4. The van der Waals surface area contributed by atoms with E-state index >= 15 is 0 Å². The number of methoxy groups -OCH3 is 3. The summed E-state index contributed by atoms with van der Waals surface area (Å²) in [5.74, 6) is 0.919. The van der Waals surface area contributed by atoms with E-state index in [4.69, 9.17) is 38.0 Å². The third-order valence-corrected chi connectivity index (χ3v) is 6.14. The molecule has 32 heavy (non-hydrogen) atoms. The zero-order valence-electron chi connectivity index (χ0n) is 17.6. The topological polar surface area (TPSA) is 77.1 Å². The Morgan fingerprint density at radius 2 is 1.84 bits per heavy atom. The number of hydrogen-bond acceptors (Lipinski definition) is 7. The summed E-state index contributed by atoms with van der Waals surface area (Å²) in [6, 6.07) is 10.3. The average Bonchev–Trinajstić information content (AvgIpc) is 3.03. The molecule has 2 aromatic carbocycles. The lowest BCUT2D eigenvalue weighted by atomic mass is 10.1. The fourth-order valence-electron chi connectivity index (χ4n) is 3.03. The van der Waals surface area contributed by atoms with Crippen molar-refractivity contribution >= 4 is 63.5 Å². The third-order valence-electron chi connectivity index (χ3n) is 4.53. The second kappa shape index (κ2) is 10.7. The van der Waals surface area contributed by atoms with E-state index in [1.807, 2.05) is 0 Å². The van der Waals surface area contributed by atoms with Gasteiger partial charge in [-0.1, -0.05) is 41.6 Å². The molecule has 1 aliphatic rings. The number of benzene rings is 2. The summed E-state index contributed by atoms with van der Waals surface area (Å²) in [6.45, 7) is 0.170. The van der Waals surface area contributed by atoms with Crippen molar-refractivity contribution in [2.75, 3.05) is 33.2 Å². The quantitative estimate of drug-likeness (QED) is 0.426. The lowest BCUT2D eigenvalue weighted by Crippen LogP contribution is -2.31. The van der Waals surface area contributed by atoms with Crippen LogP contribution in [0, 0.1) is 0 Å². The molecule has 7 nitrogen and oxygen atoms in total. The Labute approximate surface area is 200 Å². The highest BCUT2D eigenvalue weighted by molar-refractivity contribution is 8.26. The van der Waals surface area contributed by atoms with Crippen LogP contribution in [-0.4, -0.2) is 48.9 Å². The second-order valence-corrected chi connectivity index (χ2v) is 8.71. The largest absolute Gasteiger partial charge is 0.493 e. The first-order valence-corrected chi connectivity index (χ1v) is 11.1. The molecule has 0 aliphatic carbocycles. The van der Waals surface area contributed by atoms with Crippen LogP contribution in [0.25, 0.3) is 6.08 Å². The van der Waals surface area contributed by atoms with Crippen molar-refractivity contribution in [3.05, 3.63) is 51.9 Å². The van der Waals surface area contributed by atoms with E-state index in [1.165, 1.54) is 38.0 Å². The van der Waals surface area contributed by atoms with Crippen LogP contribution >= 0.6 is 35.6 Å². The van der Waals surface area contributed by atoms with Crippen LogP contribution in [0.4, 0.5) is 5.69 Å². The maximum Gasteiger partial charge on any atom is 0.266 e. The molecule has 1 heterocycles. The number of hydrogen-bond donors (Lipinski definition) is 1. The van der Waals surface area contributed by atoms with Gasteiger partial charge in [-0.15, -0.1) is 0 Å². The van der Waals surface area contributed by atoms with Crippen molar-refractivity contribution in [3.63, 3.8) is 0 Å². The summed E-state index contributed by atoms with van der Waals surface area (Å²) >= 11 is 12.5. The first kappa shape index (κ1) is 23.9. The number of nitrogens with zero attached hydrogens (tertiary/aromatic N) is 1. The van der Waals surface area contributed by atoms with E-state index in [-0.39, 0.29) is 24.8 Å². The summed E-state index contributed by atoms with van der Waals surface area (Å²) < 4.78 is 16.4. The molecule has 0 aromatic heterocycles. The SMILES string of the molecule is COc1cc(C=C2SC(=S)N(CCC(=O)Nc3cccc(Cl)c3)C2=O)cc(OC)c1OC. The van der Waals surface area contributed by atoms with E-state index in [9.17, 15) is 9.59 Å².